The van der Waals surface area contributed by atoms with Crippen molar-refractivity contribution in [1.82, 2.24) is 19.9 Å². The lowest BCUT2D eigenvalue weighted by molar-refractivity contribution is 0.641. The van der Waals surface area contributed by atoms with Gasteiger partial charge in [0.05, 0.1) is 5.39 Å². The van der Waals surface area contributed by atoms with Crippen molar-refractivity contribution >= 4 is 33.2 Å². The van der Waals surface area contributed by atoms with E-state index in [9.17, 15) is 0 Å². The summed E-state index contributed by atoms with van der Waals surface area (Å²) in [5.74, 6) is 2.98. The van der Waals surface area contributed by atoms with Crippen molar-refractivity contribution in [3.05, 3.63) is 34.9 Å². The van der Waals surface area contributed by atoms with E-state index in [1.807, 2.05) is 30.5 Å². The Kier molecular flexibility index (Phi) is 3.55. The summed E-state index contributed by atoms with van der Waals surface area (Å²) in [5.41, 5.74) is 1.50. The molecule has 0 aromatic carbocycles. The molecule has 3 aromatic heterocycles. The predicted octanol–water partition coefficient (Wildman–Crippen LogP) is 2.61. The molecule has 7 heteroatoms. The molecule has 0 saturated carbocycles. The molecule has 1 fully saturated rings. The highest BCUT2D eigenvalue weighted by Crippen LogP contribution is 2.40. The number of thiophene rings is 1. The molecule has 0 spiro atoms. The van der Waals surface area contributed by atoms with Crippen LogP contribution in [0.5, 0.6) is 0 Å². The summed E-state index contributed by atoms with van der Waals surface area (Å²) in [6, 6.07) is 2.00. The summed E-state index contributed by atoms with van der Waals surface area (Å²) < 4.78 is 0. The molecular formula is C18H20N6S. The molecule has 0 amide bonds. The highest BCUT2D eigenvalue weighted by Gasteiger charge is 2.26. The zero-order valence-electron chi connectivity index (χ0n) is 14.3. The van der Waals surface area contributed by atoms with E-state index in [0.29, 0.717) is 0 Å². The van der Waals surface area contributed by atoms with Crippen LogP contribution in [0.4, 0.5) is 11.6 Å². The normalized spacial score (nSPS) is 17.3. The third-order valence-electron chi connectivity index (χ3n) is 5.15. The van der Waals surface area contributed by atoms with Gasteiger partial charge in [0, 0.05) is 37.3 Å². The third kappa shape index (κ3) is 2.54. The fourth-order valence-corrected chi connectivity index (χ4v) is 5.14. The molecule has 1 aliphatic heterocycles. The number of anilines is 2. The SMILES string of the molecule is Cc1nccc(N2CCN(c3ncnc4sc5c(c34)CCC5)CC2)n1. The standard InChI is InChI=1S/C18H20N6S/c1-12-19-6-5-15(22-12)23-7-9-24(10-8-23)17-16-13-3-2-4-14(13)25-18(16)21-11-20-17/h5-6,11H,2-4,7-10H2,1H3. The van der Waals surface area contributed by atoms with Crippen molar-refractivity contribution in [2.45, 2.75) is 26.2 Å². The van der Waals surface area contributed by atoms with Crippen molar-refractivity contribution in [3.8, 4) is 0 Å². The molecule has 5 rings (SSSR count). The summed E-state index contributed by atoms with van der Waals surface area (Å²) in [6.45, 7) is 5.76. The Morgan fingerprint density at radius 3 is 2.68 bits per heavy atom. The molecular weight excluding hydrogens is 332 g/mol. The summed E-state index contributed by atoms with van der Waals surface area (Å²) in [7, 11) is 0. The zero-order chi connectivity index (χ0) is 16.8. The lowest BCUT2D eigenvalue weighted by Gasteiger charge is -2.36. The molecule has 0 N–H and O–H groups in total. The quantitative estimate of drug-likeness (QED) is 0.707. The zero-order valence-corrected chi connectivity index (χ0v) is 15.1. The lowest BCUT2D eigenvalue weighted by atomic mass is 10.1. The summed E-state index contributed by atoms with van der Waals surface area (Å²) in [4.78, 5) is 25.4. The molecule has 128 valence electrons. The molecule has 1 saturated heterocycles. The van der Waals surface area contributed by atoms with E-state index in [4.69, 9.17) is 0 Å². The Bertz CT molecular complexity index is 928. The van der Waals surface area contributed by atoms with Crippen LogP contribution in [0.3, 0.4) is 0 Å². The third-order valence-corrected chi connectivity index (χ3v) is 6.35. The van der Waals surface area contributed by atoms with Gasteiger partial charge in [0.15, 0.2) is 0 Å². The van der Waals surface area contributed by atoms with Gasteiger partial charge in [0.1, 0.15) is 28.6 Å². The van der Waals surface area contributed by atoms with E-state index in [2.05, 4.69) is 29.7 Å². The van der Waals surface area contributed by atoms with E-state index in [1.54, 1.807) is 6.33 Å². The van der Waals surface area contributed by atoms with Gasteiger partial charge in [-0.25, -0.2) is 19.9 Å². The van der Waals surface area contributed by atoms with E-state index < -0.39 is 0 Å². The van der Waals surface area contributed by atoms with E-state index >= 15 is 0 Å². The lowest BCUT2D eigenvalue weighted by Crippen LogP contribution is -2.47. The van der Waals surface area contributed by atoms with Crippen molar-refractivity contribution in [1.29, 1.82) is 0 Å². The van der Waals surface area contributed by atoms with Crippen LogP contribution in [0, 0.1) is 6.92 Å². The number of nitrogens with zero attached hydrogens (tertiary/aromatic N) is 6. The molecule has 1 aliphatic carbocycles. The number of aryl methyl sites for hydroxylation is 3. The minimum atomic E-state index is 0.825. The smallest absolute Gasteiger partial charge is 0.141 e. The maximum Gasteiger partial charge on any atom is 0.141 e. The minimum Gasteiger partial charge on any atom is -0.353 e. The topological polar surface area (TPSA) is 58.0 Å². The van der Waals surface area contributed by atoms with Gasteiger partial charge < -0.3 is 9.80 Å². The monoisotopic (exact) mass is 352 g/mol. The Balaban J connectivity index is 1.42. The van der Waals surface area contributed by atoms with Crippen molar-refractivity contribution < 1.29 is 0 Å². The molecule has 0 radical (unpaired) electrons. The number of hydrogen-bond acceptors (Lipinski definition) is 7. The van der Waals surface area contributed by atoms with Gasteiger partial charge in [-0.3, -0.25) is 0 Å². The van der Waals surface area contributed by atoms with Crippen LogP contribution >= 0.6 is 11.3 Å². The van der Waals surface area contributed by atoms with Gasteiger partial charge in [-0.2, -0.15) is 0 Å². The number of rotatable bonds is 2. The first-order chi connectivity index (χ1) is 12.3. The molecule has 2 aliphatic rings. The summed E-state index contributed by atoms with van der Waals surface area (Å²) >= 11 is 1.86. The fraction of sp³-hybridized carbons (Fsp3) is 0.444. The Hall–Kier alpha value is -2.28. The number of piperazine rings is 1. The summed E-state index contributed by atoms with van der Waals surface area (Å²) in [6.07, 6.45) is 7.22. The minimum absolute atomic E-state index is 0.825. The molecule has 0 atom stereocenters. The second-order valence-electron chi connectivity index (χ2n) is 6.67. The van der Waals surface area contributed by atoms with Crippen LogP contribution in [-0.4, -0.2) is 46.1 Å². The average molecular weight is 352 g/mol. The number of aromatic nitrogens is 4. The Labute approximate surface area is 150 Å². The second kappa shape index (κ2) is 5.91. The van der Waals surface area contributed by atoms with Crippen LogP contribution in [0.1, 0.15) is 22.7 Å². The van der Waals surface area contributed by atoms with Gasteiger partial charge in [0.2, 0.25) is 0 Å². The first-order valence-electron chi connectivity index (χ1n) is 8.84. The molecule has 3 aromatic rings. The molecule has 0 bridgehead atoms. The van der Waals surface area contributed by atoms with Crippen LogP contribution in [0.25, 0.3) is 10.2 Å². The largest absolute Gasteiger partial charge is 0.353 e. The van der Waals surface area contributed by atoms with E-state index in [-0.39, 0.29) is 0 Å². The number of hydrogen-bond donors (Lipinski definition) is 0. The maximum absolute atomic E-state index is 4.67. The maximum atomic E-state index is 4.67. The Morgan fingerprint density at radius 1 is 1.00 bits per heavy atom. The van der Waals surface area contributed by atoms with Gasteiger partial charge in [0.25, 0.3) is 0 Å². The van der Waals surface area contributed by atoms with Crippen molar-refractivity contribution in [3.63, 3.8) is 0 Å². The van der Waals surface area contributed by atoms with Crippen LogP contribution < -0.4 is 9.80 Å². The number of fused-ring (bicyclic) bond motifs is 3. The highest BCUT2D eigenvalue weighted by atomic mass is 32.1. The van der Waals surface area contributed by atoms with Gasteiger partial charge >= 0.3 is 0 Å². The van der Waals surface area contributed by atoms with Crippen LogP contribution in [0.2, 0.25) is 0 Å². The highest BCUT2D eigenvalue weighted by molar-refractivity contribution is 7.19. The molecule has 6 nitrogen and oxygen atoms in total. The van der Waals surface area contributed by atoms with Crippen LogP contribution in [-0.2, 0) is 12.8 Å². The van der Waals surface area contributed by atoms with E-state index in [1.165, 1.54) is 35.1 Å². The van der Waals surface area contributed by atoms with Gasteiger partial charge in [-0.1, -0.05) is 0 Å². The predicted molar refractivity (Wildman–Crippen MR) is 101 cm³/mol. The van der Waals surface area contributed by atoms with Crippen molar-refractivity contribution in [2.24, 2.45) is 0 Å². The van der Waals surface area contributed by atoms with Gasteiger partial charge in [-0.05, 0) is 37.8 Å². The average Bonchev–Trinajstić information content (AvgIpc) is 3.22. The first-order valence-corrected chi connectivity index (χ1v) is 9.66. The molecule has 0 unspecified atom stereocenters. The second-order valence-corrected chi connectivity index (χ2v) is 7.75. The first kappa shape index (κ1) is 15.0. The van der Waals surface area contributed by atoms with Crippen LogP contribution in [0.15, 0.2) is 18.6 Å². The van der Waals surface area contributed by atoms with Gasteiger partial charge in [-0.15, -0.1) is 11.3 Å². The fourth-order valence-electron chi connectivity index (χ4n) is 3.92. The molecule has 4 heterocycles. The summed E-state index contributed by atoms with van der Waals surface area (Å²) in [5, 5.41) is 1.31. The van der Waals surface area contributed by atoms with E-state index in [0.717, 1.165) is 48.5 Å². The Morgan fingerprint density at radius 2 is 1.84 bits per heavy atom. The molecule has 25 heavy (non-hydrogen) atoms. The van der Waals surface area contributed by atoms with Crippen molar-refractivity contribution in [2.75, 3.05) is 36.0 Å².